The van der Waals surface area contributed by atoms with E-state index in [0.29, 0.717) is 0 Å². The Labute approximate surface area is 101 Å². The second-order valence-electron chi connectivity index (χ2n) is 4.58. The van der Waals surface area contributed by atoms with Gasteiger partial charge in [0.15, 0.2) is 5.78 Å². The summed E-state index contributed by atoms with van der Waals surface area (Å²) in [7, 11) is 0. The number of carbonyl (C=O) groups excluding carboxylic acids is 1. The molecule has 0 aliphatic carbocycles. The van der Waals surface area contributed by atoms with E-state index in [0.717, 1.165) is 35.8 Å². The van der Waals surface area contributed by atoms with Crippen molar-refractivity contribution in [2.75, 3.05) is 13.1 Å². The molecule has 1 fully saturated rings. The van der Waals surface area contributed by atoms with Gasteiger partial charge in [0.2, 0.25) is 0 Å². The molecule has 1 aliphatic rings. The molecule has 1 unspecified atom stereocenters. The lowest BCUT2D eigenvalue weighted by Gasteiger charge is -2.10. The van der Waals surface area contributed by atoms with Crippen molar-refractivity contribution in [2.45, 2.75) is 6.42 Å². The molecule has 0 aromatic heterocycles. The van der Waals surface area contributed by atoms with Gasteiger partial charge in [0.1, 0.15) is 0 Å². The standard InChI is InChI=1S/C15H15NO/c17-15(12-8-9-16-10-12)14-7-3-5-11-4-1-2-6-13(11)14/h1-7,12,16H,8-10H2. The normalized spacial score (nSPS) is 19.6. The van der Waals surface area contributed by atoms with Crippen LogP contribution in [0.3, 0.4) is 0 Å². The first-order valence-electron chi connectivity index (χ1n) is 6.09. The lowest BCUT2D eigenvalue weighted by Crippen LogP contribution is -2.18. The van der Waals surface area contributed by atoms with E-state index in [4.69, 9.17) is 0 Å². The number of carbonyl (C=O) groups is 1. The molecule has 1 saturated heterocycles. The fraction of sp³-hybridized carbons (Fsp3) is 0.267. The van der Waals surface area contributed by atoms with E-state index in [2.05, 4.69) is 17.4 Å². The lowest BCUT2D eigenvalue weighted by atomic mass is 9.93. The van der Waals surface area contributed by atoms with Crippen LogP contribution in [-0.2, 0) is 0 Å². The van der Waals surface area contributed by atoms with E-state index < -0.39 is 0 Å². The Balaban J connectivity index is 2.07. The highest BCUT2D eigenvalue weighted by Crippen LogP contribution is 2.23. The topological polar surface area (TPSA) is 29.1 Å². The number of hydrogen-bond acceptors (Lipinski definition) is 2. The van der Waals surface area contributed by atoms with Crippen molar-refractivity contribution in [1.82, 2.24) is 5.32 Å². The molecule has 2 aromatic rings. The average molecular weight is 225 g/mol. The van der Waals surface area contributed by atoms with Gasteiger partial charge in [0.05, 0.1) is 0 Å². The van der Waals surface area contributed by atoms with Crippen molar-refractivity contribution in [3.05, 3.63) is 48.0 Å². The first-order chi connectivity index (χ1) is 8.36. The third-order valence-corrected chi connectivity index (χ3v) is 3.49. The maximum Gasteiger partial charge on any atom is 0.167 e. The van der Waals surface area contributed by atoms with Crippen LogP contribution in [0.2, 0.25) is 0 Å². The van der Waals surface area contributed by atoms with Crippen LogP contribution in [0.4, 0.5) is 0 Å². The quantitative estimate of drug-likeness (QED) is 0.796. The molecule has 1 atom stereocenters. The van der Waals surface area contributed by atoms with E-state index in [1.165, 1.54) is 0 Å². The summed E-state index contributed by atoms with van der Waals surface area (Å²) >= 11 is 0. The van der Waals surface area contributed by atoms with Crippen LogP contribution in [0, 0.1) is 5.92 Å². The highest BCUT2D eigenvalue weighted by molar-refractivity contribution is 6.09. The predicted molar refractivity (Wildman–Crippen MR) is 69.3 cm³/mol. The zero-order valence-electron chi connectivity index (χ0n) is 9.65. The highest BCUT2D eigenvalue weighted by atomic mass is 16.1. The summed E-state index contributed by atoms with van der Waals surface area (Å²) in [6, 6.07) is 14.1. The summed E-state index contributed by atoms with van der Waals surface area (Å²) in [5.41, 5.74) is 0.872. The molecule has 1 aliphatic heterocycles. The monoisotopic (exact) mass is 225 g/mol. The Bertz CT molecular complexity index is 550. The Morgan fingerprint density at radius 3 is 2.76 bits per heavy atom. The van der Waals surface area contributed by atoms with Gasteiger partial charge in [-0.2, -0.15) is 0 Å². The SMILES string of the molecule is O=C(c1cccc2ccccc12)C1CCNC1. The van der Waals surface area contributed by atoms with Crippen LogP contribution in [0.5, 0.6) is 0 Å². The second-order valence-corrected chi connectivity index (χ2v) is 4.58. The van der Waals surface area contributed by atoms with Crippen LogP contribution in [0.1, 0.15) is 16.8 Å². The summed E-state index contributed by atoms with van der Waals surface area (Å²) in [5, 5.41) is 5.47. The van der Waals surface area contributed by atoms with Crippen LogP contribution < -0.4 is 5.32 Å². The van der Waals surface area contributed by atoms with Gasteiger partial charge in [0, 0.05) is 18.0 Å². The first-order valence-corrected chi connectivity index (χ1v) is 6.09. The van der Waals surface area contributed by atoms with Gasteiger partial charge in [0.25, 0.3) is 0 Å². The number of hydrogen-bond donors (Lipinski definition) is 1. The largest absolute Gasteiger partial charge is 0.316 e. The molecule has 2 aromatic carbocycles. The minimum atomic E-state index is 0.154. The maximum atomic E-state index is 12.4. The van der Waals surface area contributed by atoms with E-state index >= 15 is 0 Å². The van der Waals surface area contributed by atoms with Crippen LogP contribution >= 0.6 is 0 Å². The zero-order chi connectivity index (χ0) is 11.7. The van der Waals surface area contributed by atoms with E-state index in [1.807, 2.05) is 30.3 Å². The smallest absolute Gasteiger partial charge is 0.167 e. The Kier molecular flexibility index (Phi) is 2.65. The molecule has 0 spiro atoms. The summed E-state index contributed by atoms with van der Waals surface area (Å²) in [4.78, 5) is 12.4. The number of nitrogens with one attached hydrogen (secondary N) is 1. The van der Waals surface area contributed by atoms with Crippen LogP contribution in [-0.4, -0.2) is 18.9 Å². The van der Waals surface area contributed by atoms with Crippen molar-refractivity contribution in [3.63, 3.8) is 0 Å². The van der Waals surface area contributed by atoms with Crippen molar-refractivity contribution in [1.29, 1.82) is 0 Å². The highest BCUT2D eigenvalue weighted by Gasteiger charge is 2.24. The van der Waals surface area contributed by atoms with E-state index in [9.17, 15) is 4.79 Å². The molecule has 2 heteroatoms. The van der Waals surface area contributed by atoms with Crippen LogP contribution in [0.25, 0.3) is 10.8 Å². The van der Waals surface area contributed by atoms with Gasteiger partial charge in [-0.25, -0.2) is 0 Å². The molecule has 17 heavy (non-hydrogen) atoms. The van der Waals surface area contributed by atoms with Crippen molar-refractivity contribution < 1.29 is 4.79 Å². The molecule has 2 nitrogen and oxygen atoms in total. The van der Waals surface area contributed by atoms with Crippen molar-refractivity contribution in [3.8, 4) is 0 Å². The van der Waals surface area contributed by atoms with Crippen molar-refractivity contribution in [2.24, 2.45) is 5.92 Å². The van der Waals surface area contributed by atoms with Gasteiger partial charge >= 0.3 is 0 Å². The molecule has 0 amide bonds. The van der Waals surface area contributed by atoms with Gasteiger partial charge in [-0.05, 0) is 23.7 Å². The van der Waals surface area contributed by atoms with Crippen LogP contribution in [0.15, 0.2) is 42.5 Å². The van der Waals surface area contributed by atoms with Crippen molar-refractivity contribution >= 4 is 16.6 Å². The molecule has 1 heterocycles. The van der Waals surface area contributed by atoms with Gasteiger partial charge in [-0.1, -0.05) is 42.5 Å². The Morgan fingerprint density at radius 1 is 1.12 bits per heavy atom. The lowest BCUT2D eigenvalue weighted by molar-refractivity contribution is 0.0932. The molecule has 0 saturated carbocycles. The molecule has 86 valence electrons. The third kappa shape index (κ3) is 1.85. The van der Waals surface area contributed by atoms with E-state index in [1.54, 1.807) is 0 Å². The molecule has 0 radical (unpaired) electrons. The number of ketones is 1. The molecule has 1 N–H and O–H groups in total. The first kappa shape index (κ1) is 10.5. The summed E-state index contributed by atoms with van der Waals surface area (Å²) in [6.45, 7) is 1.78. The minimum absolute atomic E-state index is 0.154. The molecule has 3 rings (SSSR count). The summed E-state index contributed by atoms with van der Waals surface area (Å²) < 4.78 is 0. The molecular weight excluding hydrogens is 210 g/mol. The fourth-order valence-electron chi connectivity index (χ4n) is 2.54. The second kappa shape index (κ2) is 4.30. The third-order valence-electron chi connectivity index (χ3n) is 3.49. The molecule has 0 bridgehead atoms. The minimum Gasteiger partial charge on any atom is -0.316 e. The number of Topliss-reactive ketones (excluding diaryl/α,β-unsaturated/α-hetero) is 1. The number of fused-ring (bicyclic) bond motifs is 1. The molecular formula is C15H15NO. The number of benzene rings is 2. The Morgan fingerprint density at radius 2 is 1.94 bits per heavy atom. The number of rotatable bonds is 2. The zero-order valence-corrected chi connectivity index (χ0v) is 9.65. The summed E-state index contributed by atoms with van der Waals surface area (Å²) in [5.74, 6) is 0.438. The van der Waals surface area contributed by atoms with Gasteiger partial charge in [-0.15, -0.1) is 0 Å². The average Bonchev–Trinajstić information content (AvgIpc) is 2.91. The van der Waals surface area contributed by atoms with E-state index in [-0.39, 0.29) is 11.7 Å². The predicted octanol–water partition coefficient (Wildman–Crippen LogP) is 2.63. The maximum absolute atomic E-state index is 12.4. The summed E-state index contributed by atoms with van der Waals surface area (Å²) in [6.07, 6.45) is 0.960. The Hall–Kier alpha value is -1.67. The fourth-order valence-corrected chi connectivity index (χ4v) is 2.54. The van der Waals surface area contributed by atoms with Gasteiger partial charge in [-0.3, -0.25) is 4.79 Å². The van der Waals surface area contributed by atoms with Gasteiger partial charge < -0.3 is 5.32 Å².